The summed E-state index contributed by atoms with van der Waals surface area (Å²) in [7, 11) is 0. The van der Waals surface area contributed by atoms with Crippen LogP contribution in [0.5, 0.6) is 0 Å². The second-order valence-electron chi connectivity index (χ2n) is 4.42. The Kier molecular flexibility index (Phi) is 4.48. The van der Waals surface area contributed by atoms with Gasteiger partial charge >= 0.3 is 0 Å². The maximum Gasteiger partial charge on any atom is 0.0622 e. The first kappa shape index (κ1) is 12.5. The minimum atomic E-state index is 0.511. The van der Waals surface area contributed by atoms with Crippen LogP contribution in [-0.2, 0) is 17.8 Å². The Labute approximate surface area is 103 Å². The highest BCUT2D eigenvalue weighted by atomic mass is 16.5. The fourth-order valence-electron chi connectivity index (χ4n) is 2.29. The molecule has 1 unspecified atom stereocenters. The zero-order valence-corrected chi connectivity index (χ0v) is 10.4. The summed E-state index contributed by atoms with van der Waals surface area (Å²) >= 11 is 0. The van der Waals surface area contributed by atoms with E-state index in [1.165, 1.54) is 5.56 Å². The van der Waals surface area contributed by atoms with Crippen molar-refractivity contribution in [2.24, 2.45) is 5.73 Å². The molecule has 0 amide bonds. The molecule has 0 bridgehead atoms. The normalized spacial score (nSPS) is 21.6. The third kappa shape index (κ3) is 3.03. The van der Waals surface area contributed by atoms with Crippen LogP contribution in [-0.4, -0.2) is 35.7 Å². The monoisotopic (exact) mass is 235 g/mol. The van der Waals surface area contributed by atoms with E-state index in [0.29, 0.717) is 12.6 Å². The van der Waals surface area contributed by atoms with Gasteiger partial charge in [-0.15, -0.1) is 0 Å². The Morgan fingerprint density at radius 2 is 2.47 bits per heavy atom. The average Bonchev–Trinajstić information content (AvgIpc) is 2.40. The Bertz CT molecular complexity index is 356. The van der Waals surface area contributed by atoms with Gasteiger partial charge in [0.25, 0.3) is 0 Å². The summed E-state index contributed by atoms with van der Waals surface area (Å²) < 4.78 is 5.52. The van der Waals surface area contributed by atoms with E-state index in [1.807, 2.05) is 12.3 Å². The minimum Gasteiger partial charge on any atom is -0.378 e. The highest BCUT2D eigenvalue weighted by Gasteiger charge is 2.21. The first-order chi connectivity index (χ1) is 8.35. The molecule has 0 aromatic carbocycles. The number of hydrogen-bond donors (Lipinski definition) is 1. The van der Waals surface area contributed by atoms with Crippen molar-refractivity contribution in [2.45, 2.75) is 32.5 Å². The molecule has 4 heteroatoms. The molecule has 1 fully saturated rings. The lowest BCUT2D eigenvalue weighted by atomic mass is 10.1. The summed E-state index contributed by atoms with van der Waals surface area (Å²) in [6, 6.07) is 4.63. The van der Waals surface area contributed by atoms with E-state index in [0.717, 1.165) is 38.4 Å². The van der Waals surface area contributed by atoms with Gasteiger partial charge in [-0.3, -0.25) is 9.88 Å². The van der Waals surface area contributed by atoms with Crippen molar-refractivity contribution in [1.29, 1.82) is 0 Å². The van der Waals surface area contributed by atoms with Crippen molar-refractivity contribution in [3.05, 3.63) is 29.6 Å². The molecule has 1 aliphatic heterocycles. The molecular formula is C13H21N3O. The van der Waals surface area contributed by atoms with Crippen molar-refractivity contribution in [3.8, 4) is 0 Å². The zero-order valence-electron chi connectivity index (χ0n) is 10.4. The number of ether oxygens (including phenoxy) is 1. The lowest BCUT2D eigenvalue weighted by Gasteiger charge is -2.35. The fourth-order valence-corrected chi connectivity index (χ4v) is 2.29. The Morgan fingerprint density at radius 3 is 3.24 bits per heavy atom. The molecule has 2 rings (SSSR count). The fraction of sp³-hybridized carbons (Fsp3) is 0.615. The topological polar surface area (TPSA) is 51.4 Å². The predicted octanol–water partition coefficient (Wildman–Crippen LogP) is 1.15. The number of nitrogens with two attached hydrogens (primary N) is 1. The lowest BCUT2D eigenvalue weighted by Crippen LogP contribution is -2.44. The Balaban J connectivity index is 2.08. The van der Waals surface area contributed by atoms with Crippen LogP contribution >= 0.6 is 0 Å². The van der Waals surface area contributed by atoms with Gasteiger partial charge in [-0.2, -0.15) is 0 Å². The number of aromatic nitrogens is 1. The molecule has 2 heterocycles. The molecule has 17 heavy (non-hydrogen) atoms. The second kappa shape index (κ2) is 6.10. The van der Waals surface area contributed by atoms with E-state index in [1.54, 1.807) is 0 Å². The van der Waals surface area contributed by atoms with Crippen molar-refractivity contribution < 1.29 is 4.74 Å². The number of morpholine rings is 1. The highest BCUT2D eigenvalue weighted by Crippen LogP contribution is 2.16. The van der Waals surface area contributed by atoms with Crippen LogP contribution in [0.1, 0.15) is 24.6 Å². The van der Waals surface area contributed by atoms with E-state index < -0.39 is 0 Å². The second-order valence-corrected chi connectivity index (χ2v) is 4.42. The number of nitrogens with zero attached hydrogens (tertiary/aromatic N) is 2. The number of hydrogen-bond acceptors (Lipinski definition) is 4. The van der Waals surface area contributed by atoms with Crippen molar-refractivity contribution in [2.75, 3.05) is 19.8 Å². The molecule has 0 spiro atoms. The average molecular weight is 235 g/mol. The molecule has 1 aliphatic rings. The van der Waals surface area contributed by atoms with Gasteiger partial charge in [-0.05, 0) is 18.1 Å². The smallest absolute Gasteiger partial charge is 0.0622 e. The molecule has 0 radical (unpaired) electrons. The Morgan fingerprint density at radius 1 is 1.59 bits per heavy atom. The minimum absolute atomic E-state index is 0.511. The van der Waals surface area contributed by atoms with Crippen molar-refractivity contribution in [3.63, 3.8) is 0 Å². The summed E-state index contributed by atoms with van der Waals surface area (Å²) in [5.41, 5.74) is 7.97. The molecule has 94 valence electrons. The summed E-state index contributed by atoms with van der Waals surface area (Å²) in [6.07, 6.45) is 2.93. The molecule has 1 aromatic rings. The van der Waals surface area contributed by atoms with E-state index >= 15 is 0 Å². The largest absolute Gasteiger partial charge is 0.378 e. The van der Waals surface area contributed by atoms with Crippen LogP contribution in [0, 0.1) is 0 Å². The Hall–Kier alpha value is -0.970. The van der Waals surface area contributed by atoms with Crippen molar-refractivity contribution >= 4 is 0 Å². The number of pyridine rings is 1. The molecule has 1 aromatic heterocycles. The van der Waals surface area contributed by atoms with Gasteiger partial charge in [0.15, 0.2) is 0 Å². The van der Waals surface area contributed by atoms with Crippen molar-refractivity contribution in [1.82, 2.24) is 9.88 Å². The van der Waals surface area contributed by atoms with E-state index in [4.69, 9.17) is 10.5 Å². The van der Waals surface area contributed by atoms with Crippen LogP contribution in [0.15, 0.2) is 18.3 Å². The summed E-state index contributed by atoms with van der Waals surface area (Å²) in [6.45, 7) is 6.32. The molecule has 1 atom stereocenters. The third-order valence-electron chi connectivity index (χ3n) is 3.37. The first-order valence-electron chi connectivity index (χ1n) is 6.29. The standard InChI is InChI=1S/C13H21N3O/c1-2-12-10-17-7-6-16(12)9-11-4-3-5-15-13(11)8-14/h3-5,12H,2,6-10,14H2,1H3. The quantitative estimate of drug-likeness (QED) is 0.850. The third-order valence-corrected chi connectivity index (χ3v) is 3.37. The highest BCUT2D eigenvalue weighted by molar-refractivity contribution is 5.19. The van der Waals surface area contributed by atoms with Gasteiger partial charge in [0, 0.05) is 31.9 Å². The summed E-state index contributed by atoms with van der Waals surface area (Å²) in [5, 5.41) is 0. The van der Waals surface area contributed by atoms with Gasteiger partial charge in [0.1, 0.15) is 0 Å². The SMILES string of the molecule is CCC1COCCN1Cc1cccnc1CN. The van der Waals surface area contributed by atoms with Crippen LogP contribution in [0.4, 0.5) is 0 Å². The van der Waals surface area contributed by atoms with Crippen LogP contribution in [0.3, 0.4) is 0 Å². The molecular weight excluding hydrogens is 214 g/mol. The van der Waals surface area contributed by atoms with Gasteiger partial charge in [-0.1, -0.05) is 13.0 Å². The van der Waals surface area contributed by atoms with Crippen LogP contribution < -0.4 is 5.73 Å². The lowest BCUT2D eigenvalue weighted by molar-refractivity contribution is -0.0128. The van der Waals surface area contributed by atoms with Gasteiger partial charge in [0.05, 0.1) is 18.9 Å². The predicted molar refractivity (Wildman–Crippen MR) is 67.4 cm³/mol. The van der Waals surface area contributed by atoms with E-state index in [2.05, 4.69) is 22.9 Å². The number of rotatable bonds is 4. The molecule has 1 saturated heterocycles. The first-order valence-corrected chi connectivity index (χ1v) is 6.29. The zero-order chi connectivity index (χ0) is 12.1. The molecule has 0 saturated carbocycles. The maximum absolute atomic E-state index is 5.72. The van der Waals surface area contributed by atoms with Crippen LogP contribution in [0.25, 0.3) is 0 Å². The van der Waals surface area contributed by atoms with Gasteiger partial charge < -0.3 is 10.5 Å². The molecule has 4 nitrogen and oxygen atoms in total. The molecule has 2 N–H and O–H groups in total. The van der Waals surface area contributed by atoms with E-state index in [9.17, 15) is 0 Å². The van der Waals surface area contributed by atoms with Gasteiger partial charge in [-0.25, -0.2) is 0 Å². The molecule has 0 aliphatic carbocycles. The summed E-state index contributed by atoms with van der Waals surface area (Å²) in [4.78, 5) is 6.80. The van der Waals surface area contributed by atoms with E-state index in [-0.39, 0.29) is 0 Å². The summed E-state index contributed by atoms with van der Waals surface area (Å²) in [5.74, 6) is 0. The maximum atomic E-state index is 5.72. The van der Waals surface area contributed by atoms with Gasteiger partial charge in [0.2, 0.25) is 0 Å². The van der Waals surface area contributed by atoms with Crippen LogP contribution in [0.2, 0.25) is 0 Å².